The van der Waals surface area contributed by atoms with Crippen LogP contribution in [0.3, 0.4) is 0 Å². The maximum atomic E-state index is 3.53. The van der Waals surface area contributed by atoms with E-state index < -0.39 is 0 Å². The third-order valence-electron chi connectivity index (χ3n) is 3.23. The highest BCUT2D eigenvalue weighted by molar-refractivity contribution is 5.35. The highest BCUT2D eigenvalue weighted by atomic mass is 14.9. The van der Waals surface area contributed by atoms with Gasteiger partial charge in [-0.05, 0) is 44.2 Å². The number of hydrogen-bond acceptors (Lipinski definition) is 1. The molecule has 84 valence electrons. The second-order valence-electron chi connectivity index (χ2n) is 4.45. The van der Waals surface area contributed by atoms with E-state index in [2.05, 4.69) is 42.3 Å². The summed E-state index contributed by atoms with van der Waals surface area (Å²) in [7, 11) is 0. The molecule has 1 N–H and O–H groups in total. The van der Waals surface area contributed by atoms with Gasteiger partial charge in [0.2, 0.25) is 0 Å². The molecule has 0 fully saturated rings. The van der Waals surface area contributed by atoms with Crippen molar-refractivity contribution < 1.29 is 0 Å². The zero-order valence-electron chi connectivity index (χ0n) is 10.1. The Morgan fingerprint density at radius 3 is 3.12 bits per heavy atom. The van der Waals surface area contributed by atoms with Gasteiger partial charge in [0, 0.05) is 6.04 Å². The van der Waals surface area contributed by atoms with Gasteiger partial charge in [-0.2, -0.15) is 0 Å². The van der Waals surface area contributed by atoms with Crippen LogP contribution in [0.15, 0.2) is 18.2 Å². The van der Waals surface area contributed by atoms with Crippen molar-refractivity contribution in [2.45, 2.75) is 39.2 Å². The first-order valence-electron chi connectivity index (χ1n) is 6.03. The van der Waals surface area contributed by atoms with Crippen LogP contribution in [0.1, 0.15) is 42.5 Å². The molecule has 1 heteroatoms. The largest absolute Gasteiger partial charge is 0.299 e. The predicted molar refractivity (Wildman–Crippen MR) is 68.3 cm³/mol. The predicted octanol–water partition coefficient (Wildman–Crippen LogP) is 2.99. The quantitative estimate of drug-likeness (QED) is 0.745. The van der Waals surface area contributed by atoms with Gasteiger partial charge in [0.15, 0.2) is 0 Å². The zero-order valence-corrected chi connectivity index (χ0v) is 10.1. The fourth-order valence-electron chi connectivity index (χ4n) is 2.39. The number of aryl methyl sites for hydroxylation is 2. The lowest BCUT2D eigenvalue weighted by Crippen LogP contribution is -2.25. The van der Waals surface area contributed by atoms with Crippen LogP contribution in [-0.4, -0.2) is 6.54 Å². The summed E-state index contributed by atoms with van der Waals surface area (Å²) in [6.07, 6.45) is 3.75. The third kappa shape index (κ3) is 2.46. The highest BCUT2D eigenvalue weighted by Gasteiger charge is 2.18. The Morgan fingerprint density at radius 2 is 2.31 bits per heavy atom. The Kier molecular flexibility index (Phi) is 3.64. The molecule has 0 amide bonds. The molecule has 0 saturated heterocycles. The van der Waals surface area contributed by atoms with E-state index in [0.717, 1.165) is 6.54 Å². The van der Waals surface area contributed by atoms with Crippen molar-refractivity contribution >= 4 is 0 Å². The van der Waals surface area contributed by atoms with Crippen LogP contribution in [0, 0.1) is 18.8 Å². The SMILES string of the molecule is CC#CCNC1CCCc2ccc(C)cc21. The molecule has 1 nitrogen and oxygen atoms in total. The second-order valence-corrected chi connectivity index (χ2v) is 4.45. The minimum absolute atomic E-state index is 0.504. The van der Waals surface area contributed by atoms with Crippen LogP contribution >= 0.6 is 0 Å². The lowest BCUT2D eigenvalue weighted by molar-refractivity contribution is 0.483. The summed E-state index contributed by atoms with van der Waals surface area (Å²) in [6, 6.07) is 7.33. The van der Waals surface area contributed by atoms with Crippen LogP contribution in [-0.2, 0) is 6.42 Å². The zero-order chi connectivity index (χ0) is 11.4. The van der Waals surface area contributed by atoms with Gasteiger partial charge in [-0.25, -0.2) is 0 Å². The van der Waals surface area contributed by atoms with Gasteiger partial charge in [-0.1, -0.05) is 29.7 Å². The first kappa shape index (κ1) is 11.2. The molecule has 0 aromatic heterocycles. The van der Waals surface area contributed by atoms with E-state index in [-0.39, 0.29) is 0 Å². The van der Waals surface area contributed by atoms with Crippen LogP contribution < -0.4 is 5.32 Å². The lowest BCUT2D eigenvalue weighted by atomic mass is 9.86. The molecule has 1 aliphatic rings. The summed E-state index contributed by atoms with van der Waals surface area (Å²) < 4.78 is 0. The van der Waals surface area contributed by atoms with E-state index in [1.54, 1.807) is 0 Å². The van der Waals surface area contributed by atoms with Crippen molar-refractivity contribution in [1.29, 1.82) is 0 Å². The van der Waals surface area contributed by atoms with Crippen LogP contribution in [0.4, 0.5) is 0 Å². The Balaban J connectivity index is 2.17. The number of rotatable bonds is 2. The maximum Gasteiger partial charge on any atom is 0.0581 e. The van der Waals surface area contributed by atoms with Crippen molar-refractivity contribution in [2.75, 3.05) is 6.54 Å². The van der Waals surface area contributed by atoms with Gasteiger partial charge in [0.25, 0.3) is 0 Å². The third-order valence-corrected chi connectivity index (χ3v) is 3.23. The van der Waals surface area contributed by atoms with E-state index in [0.29, 0.717) is 6.04 Å². The van der Waals surface area contributed by atoms with Crippen molar-refractivity contribution in [2.24, 2.45) is 0 Å². The number of fused-ring (bicyclic) bond motifs is 1. The van der Waals surface area contributed by atoms with Crippen molar-refractivity contribution in [1.82, 2.24) is 5.32 Å². The molecule has 16 heavy (non-hydrogen) atoms. The van der Waals surface area contributed by atoms with E-state index >= 15 is 0 Å². The average Bonchev–Trinajstić information content (AvgIpc) is 2.30. The lowest BCUT2D eigenvalue weighted by Gasteiger charge is -2.26. The summed E-state index contributed by atoms with van der Waals surface area (Å²) in [5.41, 5.74) is 4.36. The average molecular weight is 213 g/mol. The molecular weight excluding hydrogens is 194 g/mol. The minimum Gasteiger partial charge on any atom is -0.299 e. The molecule has 0 spiro atoms. The van der Waals surface area contributed by atoms with Gasteiger partial charge >= 0.3 is 0 Å². The number of nitrogens with one attached hydrogen (secondary N) is 1. The smallest absolute Gasteiger partial charge is 0.0581 e. The molecule has 1 unspecified atom stereocenters. The van der Waals surface area contributed by atoms with Crippen LogP contribution in [0.25, 0.3) is 0 Å². The molecule has 2 rings (SSSR count). The molecule has 1 aromatic rings. The van der Waals surface area contributed by atoms with Gasteiger partial charge in [0.1, 0.15) is 0 Å². The summed E-state index contributed by atoms with van der Waals surface area (Å²) in [5.74, 6) is 6.01. The summed E-state index contributed by atoms with van der Waals surface area (Å²) in [6.45, 7) is 4.85. The molecule has 0 aliphatic heterocycles. The monoisotopic (exact) mass is 213 g/mol. The van der Waals surface area contributed by atoms with E-state index in [1.165, 1.54) is 36.0 Å². The Morgan fingerprint density at radius 1 is 1.44 bits per heavy atom. The first-order valence-corrected chi connectivity index (χ1v) is 6.03. The molecule has 0 saturated carbocycles. The molecule has 1 aliphatic carbocycles. The molecular formula is C15H19N. The molecule has 1 atom stereocenters. The fraction of sp³-hybridized carbons (Fsp3) is 0.467. The molecule has 0 heterocycles. The molecule has 1 aromatic carbocycles. The van der Waals surface area contributed by atoms with Gasteiger partial charge in [-0.3, -0.25) is 5.32 Å². The first-order chi connectivity index (χ1) is 7.81. The van der Waals surface area contributed by atoms with Gasteiger partial charge in [-0.15, -0.1) is 5.92 Å². The number of benzene rings is 1. The van der Waals surface area contributed by atoms with Gasteiger partial charge < -0.3 is 0 Å². The maximum absolute atomic E-state index is 3.53. The van der Waals surface area contributed by atoms with E-state index in [1.807, 2.05) is 6.92 Å². The topological polar surface area (TPSA) is 12.0 Å². The van der Waals surface area contributed by atoms with Gasteiger partial charge in [0.05, 0.1) is 6.54 Å². The summed E-state index contributed by atoms with van der Waals surface area (Å²) in [4.78, 5) is 0. The summed E-state index contributed by atoms with van der Waals surface area (Å²) in [5, 5.41) is 3.53. The molecule has 0 radical (unpaired) electrons. The van der Waals surface area contributed by atoms with Crippen molar-refractivity contribution in [3.05, 3.63) is 34.9 Å². The fourth-order valence-corrected chi connectivity index (χ4v) is 2.39. The Labute approximate surface area is 98.3 Å². The normalized spacial score (nSPS) is 18.5. The molecule has 0 bridgehead atoms. The van der Waals surface area contributed by atoms with Crippen molar-refractivity contribution in [3.63, 3.8) is 0 Å². The highest BCUT2D eigenvalue weighted by Crippen LogP contribution is 2.30. The second kappa shape index (κ2) is 5.18. The van der Waals surface area contributed by atoms with E-state index in [4.69, 9.17) is 0 Å². The van der Waals surface area contributed by atoms with Crippen molar-refractivity contribution in [3.8, 4) is 11.8 Å². The van der Waals surface area contributed by atoms with Crippen LogP contribution in [0.5, 0.6) is 0 Å². The Bertz CT molecular complexity index is 423. The van der Waals surface area contributed by atoms with Crippen LogP contribution in [0.2, 0.25) is 0 Å². The standard InChI is InChI=1S/C15H19N/c1-3-4-10-16-15-7-5-6-13-9-8-12(2)11-14(13)15/h8-9,11,15-16H,5-7,10H2,1-2H3. The Hall–Kier alpha value is -1.26. The minimum atomic E-state index is 0.504. The number of hydrogen-bond donors (Lipinski definition) is 1. The summed E-state index contributed by atoms with van der Waals surface area (Å²) >= 11 is 0. The van der Waals surface area contributed by atoms with E-state index in [9.17, 15) is 0 Å².